The van der Waals surface area contributed by atoms with Gasteiger partial charge in [0.15, 0.2) is 5.82 Å². The Balaban J connectivity index is 1.49. The second-order valence-corrected chi connectivity index (χ2v) is 7.37. The van der Waals surface area contributed by atoms with E-state index in [1.807, 2.05) is 84.6 Å². The number of amides is 2. The first-order valence-electron chi connectivity index (χ1n) is 9.97. The maximum atomic E-state index is 13.4. The Bertz CT molecular complexity index is 942. The van der Waals surface area contributed by atoms with Crippen LogP contribution in [-0.2, 0) is 0 Å². The number of nitrogens with zero attached hydrogens (tertiary/aromatic N) is 5. The van der Waals surface area contributed by atoms with E-state index in [0.717, 1.165) is 23.6 Å². The van der Waals surface area contributed by atoms with Gasteiger partial charge in [-0.3, -0.25) is 9.88 Å². The first-order chi connectivity index (χ1) is 14.6. The molecule has 0 aliphatic carbocycles. The summed E-state index contributed by atoms with van der Waals surface area (Å²) in [5.74, 6) is 1.21. The minimum Gasteiger partial charge on any atom is -0.471 e. The lowest BCUT2D eigenvalue weighted by molar-refractivity contribution is 0.187. The van der Waals surface area contributed by atoms with Gasteiger partial charge in [0.05, 0.1) is 30.3 Å². The molecular formula is C23H25N5O2. The van der Waals surface area contributed by atoms with Crippen LogP contribution in [0.2, 0.25) is 0 Å². The van der Waals surface area contributed by atoms with Gasteiger partial charge < -0.3 is 14.5 Å². The molecule has 0 bridgehead atoms. The molecule has 7 heteroatoms. The summed E-state index contributed by atoms with van der Waals surface area (Å²) in [5, 5.41) is 0. The molecular weight excluding hydrogens is 378 g/mol. The van der Waals surface area contributed by atoms with Crippen molar-refractivity contribution in [2.75, 3.05) is 37.0 Å². The first-order valence-corrected chi connectivity index (χ1v) is 9.97. The molecule has 2 aromatic carbocycles. The molecule has 1 aliphatic rings. The predicted octanol–water partition coefficient (Wildman–Crippen LogP) is 3.95. The van der Waals surface area contributed by atoms with Crippen molar-refractivity contribution in [2.45, 2.75) is 12.5 Å². The number of aromatic nitrogens is 2. The fourth-order valence-corrected chi connectivity index (χ4v) is 3.44. The summed E-state index contributed by atoms with van der Waals surface area (Å²) in [6.07, 6.45) is 3.93. The van der Waals surface area contributed by atoms with E-state index in [0.29, 0.717) is 19.0 Å². The maximum Gasteiger partial charge on any atom is 0.329 e. The Labute approximate surface area is 176 Å². The number of hydrogen-bond acceptors (Lipinski definition) is 5. The number of rotatable bonds is 5. The van der Waals surface area contributed by atoms with Crippen LogP contribution in [0.15, 0.2) is 73.1 Å². The Morgan fingerprint density at radius 1 is 1.00 bits per heavy atom. The monoisotopic (exact) mass is 403 g/mol. The number of hydrogen-bond donors (Lipinski definition) is 0. The zero-order valence-electron chi connectivity index (χ0n) is 17.2. The quantitative estimate of drug-likeness (QED) is 0.645. The van der Waals surface area contributed by atoms with Crippen LogP contribution in [0.5, 0.6) is 5.88 Å². The van der Waals surface area contributed by atoms with Gasteiger partial charge in [-0.2, -0.15) is 4.98 Å². The molecule has 154 valence electrons. The molecule has 7 nitrogen and oxygen atoms in total. The maximum absolute atomic E-state index is 13.4. The van der Waals surface area contributed by atoms with Crippen molar-refractivity contribution >= 4 is 23.2 Å². The van der Waals surface area contributed by atoms with Gasteiger partial charge in [0.25, 0.3) is 0 Å². The number of urea groups is 1. The molecule has 1 fully saturated rings. The number of ether oxygens (including phenoxy) is 1. The molecule has 4 rings (SSSR count). The van der Waals surface area contributed by atoms with E-state index in [9.17, 15) is 4.79 Å². The number of carbonyl (C=O) groups excluding carboxylic acids is 1. The molecule has 1 aromatic heterocycles. The number of anilines is 3. The topological polar surface area (TPSA) is 61.8 Å². The largest absolute Gasteiger partial charge is 0.471 e. The van der Waals surface area contributed by atoms with Crippen molar-refractivity contribution in [2.24, 2.45) is 0 Å². The van der Waals surface area contributed by atoms with Gasteiger partial charge in [0, 0.05) is 27.1 Å². The molecule has 3 aromatic rings. The average Bonchev–Trinajstić information content (AvgIpc) is 3.24. The second kappa shape index (κ2) is 8.82. The minimum absolute atomic E-state index is 0.0633. The zero-order chi connectivity index (χ0) is 20.9. The zero-order valence-corrected chi connectivity index (χ0v) is 17.2. The SMILES string of the molecule is CN(C)c1cncc(OC2CCN(C(=O)N(c3ccccc3)c3ccccc3)C2)n1. The molecule has 2 amide bonds. The van der Waals surface area contributed by atoms with Crippen LogP contribution < -0.4 is 14.5 Å². The van der Waals surface area contributed by atoms with Gasteiger partial charge >= 0.3 is 6.03 Å². The lowest BCUT2D eigenvalue weighted by atomic mass is 10.2. The second-order valence-electron chi connectivity index (χ2n) is 7.37. The third kappa shape index (κ3) is 4.35. The van der Waals surface area contributed by atoms with E-state index >= 15 is 0 Å². The highest BCUT2D eigenvalue weighted by atomic mass is 16.5. The Hall–Kier alpha value is -3.61. The van der Waals surface area contributed by atoms with Gasteiger partial charge in [-0.05, 0) is 24.3 Å². The molecule has 1 aliphatic heterocycles. The van der Waals surface area contributed by atoms with E-state index < -0.39 is 0 Å². The summed E-state index contributed by atoms with van der Waals surface area (Å²) in [7, 11) is 3.82. The molecule has 1 unspecified atom stereocenters. The number of carbonyl (C=O) groups is 1. The Kier molecular flexibility index (Phi) is 5.79. The van der Waals surface area contributed by atoms with Crippen molar-refractivity contribution < 1.29 is 9.53 Å². The van der Waals surface area contributed by atoms with Crippen molar-refractivity contribution in [3.05, 3.63) is 73.1 Å². The molecule has 30 heavy (non-hydrogen) atoms. The van der Waals surface area contributed by atoms with E-state index in [2.05, 4.69) is 9.97 Å². The molecule has 0 spiro atoms. The van der Waals surface area contributed by atoms with E-state index in [1.165, 1.54) is 0 Å². The van der Waals surface area contributed by atoms with Gasteiger partial charge in [0.2, 0.25) is 5.88 Å². The van der Waals surface area contributed by atoms with Crippen molar-refractivity contribution in [1.82, 2.24) is 14.9 Å². The fourth-order valence-electron chi connectivity index (χ4n) is 3.44. The molecule has 0 saturated carbocycles. The van der Waals surface area contributed by atoms with E-state index in [4.69, 9.17) is 4.74 Å². The molecule has 2 heterocycles. The molecule has 1 saturated heterocycles. The summed E-state index contributed by atoms with van der Waals surface area (Å²) in [4.78, 5) is 27.6. The van der Waals surface area contributed by atoms with Gasteiger partial charge in [-0.1, -0.05) is 36.4 Å². The Morgan fingerprint density at radius 3 is 2.23 bits per heavy atom. The molecule has 0 radical (unpaired) electrons. The van der Waals surface area contributed by atoms with Crippen LogP contribution >= 0.6 is 0 Å². The predicted molar refractivity (Wildman–Crippen MR) is 117 cm³/mol. The number of benzene rings is 2. The minimum atomic E-state index is -0.117. The van der Waals surface area contributed by atoms with Crippen LogP contribution in [-0.4, -0.2) is 54.2 Å². The molecule has 0 N–H and O–H groups in total. The molecule has 1 atom stereocenters. The summed E-state index contributed by atoms with van der Waals surface area (Å²) < 4.78 is 6.03. The number of likely N-dealkylation sites (tertiary alicyclic amines) is 1. The summed E-state index contributed by atoms with van der Waals surface area (Å²) >= 11 is 0. The summed E-state index contributed by atoms with van der Waals surface area (Å²) in [5.41, 5.74) is 1.67. The normalized spacial score (nSPS) is 15.7. The lowest BCUT2D eigenvalue weighted by Crippen LogP contribution is -2.40. The van der Waals surface area contributed by atoms with Crippen molar-refractivity contribution in [3.8, 4) is 5.88 Å². The van der Waals surface area contributed by atoms with E-state index in [1.54, 1.807) is 17.3 Å². The number of para-hydroxylation sites is 2. The standard InChI is InChI=1S/C23H25N5O2/c1-26(2)21-15-24-16-22(25-21)30-20-13-14-27(17-20)23(29)28(18-9-5-3-6-10-18)19-11-7-4-8-12-19/h3-12,15-16,20H,13-14,17H2,1-2H3. The first kappa shape index (κ1) is 19.7. The Morgan fingerprint density at radius 2 is 1.63 bits per heavy atom. The third-order valence-electron chi connectivity index (χ3n) is 4.98. The average molecular weight is 403 g/mol. The van der Waals surface area contributed by atoms with Gasteiger partial charge in [-0.25, -0.2) is 4.79 Å². The van der Waals surface area contributed by atoms with Crippen LogP contribution in [0.4, 0.5) is 22.0 Å². The van der Waals surface area contributed by atoms with Crippen molar-refractivity contribution in [1.29, 1.82) is 0 Å². The van der Waals surface area contributed by atoms with Crippen LogP contribution in [0.3, 0.4) is 0 Å². The van der Waals surface area contributed by atoms with Crippen LogP contribution in [0.1, 0.15) is 6.42 Å². The highest BCUT2D eigenvalue weighted by Gasteiger charge is 2.32. The lowest BCUT2D eigenvalue weighted by Gasteiger charge is -2.28. The smallest absolute Gasteiger partial charge is 0.329 e. The van der Waals surface area contributed by atoms with Gasteiger partial charge in [-0.15, -0.1) is 0 Å². The third-order valence-corrected chi connectivity index (χ3v) is 4.98. The van der Waals surface area contributed by atoms with Gasteiger partial charge in [0.1, 0.15) is 6.10 Å². The fraction of sp³-hybridized carbons (Fsp3) is 0.261. The highest BCUT2D eigenvalue weighted by Crippen LogP contribution is 2.28. The van der Waals surface area contributed by atoms with Crippen LogP contribution in [0.25, 0.3) is 0 Å². The van der Waals surface area contributed by atoms with Crippen molar-refractivity contribution in [3.63, 3.8) is 0 Å². The van der Waals surface area contributed by atoms with Crippen LogP contribution in [0, 0.1) is 0 Å². The summed E-state index contributed by atoms with van der Waals surface area (Å²) in [6.45, 7) is 1.13. The van der Waals surface area contributed by atoms with E-state index in [-0.39, 0.29) is 12.1 Å². The summed E-state index contributed by atoms with van der Waals surface area (Å²) in [6, 6.07) is 19.3. The highest BCUT2D eigenvalue weighted by molar-refractivity contribution is 5.99.